The Morgan fingerprint density at radius 2 is 1.85 bits per heavy atom. The summed E-state index contributed by atoms with van der Waals surface area (Å²) in [6.07, 6.45) is 12.3. The van der Waals surface area contributed by atoms with Crippen LogP contribution in [0.3, 0.4) is 0 Å². The first-order valence-corrected chi connectivity index (χ1v) is 14.1. The Hall–Kier alpha value is -4.60. The van der Waals surface area contributed by atoms with E-state index in [9.17, 15) is 10.1 Å². The zero-order valence-corrected chi connectivity index (χ0v) is 23.0. The number of benzene rings is 2. The van der Waals surface area contributed by atoms with Crippen LogP contribution in [0.4, 0.5) is 5.13 Å². The van der Waals surface area contributed by atoms with Crippen molar-refractivity contribution >= 4 is 22.4 Å². The highest BCUT2D eigenvalue weighted by Gasteiger charge is 2.54. The molecule has 2 aromatic carbocycles. The summed E-state index contributed by atoms with van der Waals surface area (Å²) in [5.74, 6) is -0.418. The molecule has 196 valence electrons. The minimum Gasteiger partial charge on any atom is -0.301 e. The average Bonchev–Trinajstić information content (AvgIpc) is 3.45. The van der Waals surface area contributed by atoms with Gasteiger partial charge in [-0.1, -0.05) is 79.4 Å². The van der Waals surface area contributed by atoms with Crippen LogP contribution in [-0.2, 0) is 16.6 Å². The lowest BCUT2D eigenvalue weighted by Crippen LogP contribution is -2.48. The number of nitrogens with one attached hydrogen (secondary N) is 1. The molecule has 0 saturated heterocycles. The number of hydrogen-bond acceptors (Lipinski definition) is 5. The van der Waals surface area contributed by atoms with Gasteiger partial charge in [0.15, 0.2) is 5.13 Å². The molecule has 2 bridgehead atoms. The summed E-state index contributed by atoms with van der Waals surface area (Å²) < 4.78 is 0. The van der Waals surface area contributed by atoms with E-state index in [-0.39, 0.29) is 11.8 Å². The monoisotopic (exact) mass is 540 g/mol. The third kappa shape index (κ3) is 4.49. The van der Waals surface area contributed by atoms with E-state index >= 15 is 0 Å². The van der Waals surface area contributed by atoms with Crippen molar-refractivity contribution < 1.29 is 4.79 Å². The first-order chi connectivity index (χ1) is 19.4. The van der Waals surface area contributed by atoms with Gasteiger partial charge in [0.2, 0.25) is 5.91 Å². The zero-order valence-electron chi connectivity index (χ0n) is 22.2. The van der Waals surface area contributed by atoms with Gasteiger partial charge in [-0.3, -0.25) is 9.78 Å². The van der Waals surface area contributed by atoms with Crippen LogP contribution in [0.1, 0.15) is 41.6 Å². The summed E-state index contributed by atoms with van der Waals surface area (Å²) in [5, 5.41) is 16.1. The van der Waals surface area contributed by atoms with Gasteiger partial charge in [-0.05, 0) is 58.9 Å². The second-order valence-corrected chi connectivity index (χ2v) is 11.6. The molecule has 3 unspecified atom stereocenters. The number of carbonyl (C=O) groups is 1. The molecule has 6 rings (SSSR count). The molecule has 0 radical (unpaired) electrons. The number of fused-ring (bicyclic) bond motifs is 6. The van der Waals surface area contributed by atoms with Gasteiger partial charge < -0.3 is 5.32 Å². The topological polar surface area (TPSA) is 78.7 Å². The largest absolute Gasteiger partial charge is 0.301 e. The van der Waals surface area contributed by atoms with Gasteiger partial charge >= 0.3 is 0 Å². The van der Waals surface area contributed by atoms with Gasteiger partial charge in [-0.2, -0.15) is 5.26 Å². The van der Waals surface area contributed by atoms with E-state index in [2.05, 4.69) is 47.2 Å². The van der Waals surface area contributed by atoms with Gasteiger partial charge in [0.25, 0.3) is 0 Å². The normalized spacial score (nSPS) is 24.6. The number of nitriles is 1. The van der Waals surface area contributed by atoms with Crippen molar-refractivity contribution in [1.29, 1.82) is 5.26 Å². The fraction of sp³-hybridized carbons (Fsp3) is 0.176. The lowest BCUT2D eigenvalue weighted by Gasteiger charge is -2.47. The first-order valence-electron chi connectivity index (χ1n) is 13.2. The number of pyridine rings is 1. The van der Waals surface area contributed by atoms with Gasteiger partial charge in [-0.15, -0.1) is 11.3 Å². The maximum Gasteiger partial charge on any atom is 0.233 e. The lowest BCUT2D eigenvalue weighted by atomic mass is 9.54. The van der Waals surface area contributed by atoms with Crippen molar-refractivity contribution in [3.05, 3.63) is 137 Å². The summed E-state index contributed by atoms with van der Waals surface area (Å²) in [6, 6.07) is 22.9. The summed E-state index contributed by atoms with van der Waals surface area (Å²) in [6.45, 7) is 6.29. The second-order valence-electron chi connectivity index (χ2n) is 10.7. The lowest BCUT2D eigenvalue weighted by molar-refractivity contribution is -0.126. The molecule has 0 spiro atoms. The third-order valence-electron chi connectivity index (χ3n) is 8.05. The summed E-state index contributed by atoms with van der Waals surface area (Å²) in [5.41, 5.74) is 5.25. The predicted octanol–water partition coefficient (Wildman–Crippen LogP) is 7.37. The molecule has 2 aliphatic carbocycles. The second kappa shape index (κ2) is 10.2. The van der Waals surface area contributed by atoms with Crippen LogP contribution in [0.25, 0.3) is 11.1 Å². The molecule has 40 heavy (non-hydrogen) atoms. The highest BCUT2D eigenvalue weighted by Crippen LogP contribution is 2.56. The third-order valence-corrected chi connectivity index (χ3v) is 8.86. The van der Waals surface area contributed by atoms with E-state index in [0.717, 1.165) is 39.1 Å². The molecule has 1 N–H and O–H groups in total. The maximum atomic E-state index is 14.1. The number of aromatic nitrogens is 2. The van der Waals surface area contributed by atoms with Crippen LogP contribution in [0.15, 0.2) is 115 Å². The van der Waals surface area contributed by atoms with Gasteiger partial charge in [-0.25, -0.2) is 4.98 Å². The quantitative estimate of drug-likeness (QED) is 0.287. The van der Waals surface area contributed by atoms with E-state index in [1.807, 2.05) is 73.0 Å². The van der Waals surface area contributed by atoms with Gasteiger partial charge in [0, 0.05) is 30.1 Å². The minimum absolute atomic E-state index is 0.154. The van der Waals surface area contributed by atoms with Crippen LogP contribution >= 0.6 is 11.3 Å². The van der Waals surface area contributed by atoms with Crippen molar-refractivity contribution in [2.24, 2.45) is 5.41 Å². The molecule has 0 saturated carbocycles. The molecular formula is C34H28N4OS. The Balaban J connectivity index is 1.25. The Kier molecular flexibility index (Phi) is 6.53. The molecule has 4 aromatic rings. The SMILES string of the molecule is C=C1/C=C\C=C/C2(C#N)CC(C)(C(=O)Nc3nc(Cc4ccc(-c5ccncc5)cc4)cs3)C1c1ccccc12. The maximum absolute atomic E-state index is 14.1. The van der Waals surface area contributed by atoms with Crippen LogP contribution < -0.4 is 5.32 Å². The fourth-order valence-corrected chi connectivity index (χ4v) is 6.84. The molecule has 1 amide bonds. The summed E-state index contributed by atoms with van der Waals surface area (Å²) in [7, 11) is 0. The minimum atomic E-state index is -0.912. The Morgan fingerprint density at radius 3 is 2.62 bits per heavy atom. The predicted molar refractivity (Wildman–Crippen MR) is 160 cm³/mol. The van der Waals surface area contributed by atoms with Crippen LogP contribution in [0, 0.1) is 16.7 Å². The number of thiazole rings is 1. The van der Waals surface area contributed by atoms with Crippen molar-refractivity contribution in [2.75, 3.05) is 5.32 Å². The molecule has 3 atom stereocenters. The van der Waals surface area contributed by atoms with E-state index < -0.39 is 10.8 Å². The summed E-state index contributed by atoms with van der Waals surface area (Å²) >= 11 is 1.42. The summed E-state index contributed by atoms with van der Waals surface area (Å²) in [4.78, 5) is 22.9. The van der Waals surface area contributed by atoms with Crippen molar-refractivity contribution in [2.45, 2.75) is 31.1 Å². The zero-order chi connectivity index (χ0) is 27.7. The molecule has 0 fully saturated rings. The number of carbonyl (C=O) groups excluding carboxylic acids is 1. The number of allylic oxidation sites excluding steroid dienone is 5. The molecule has 0 aliphatic heterocycles. The van der Waals surface area contributed by atoms with Crippen LogP contribution in [0.5, 0.6) is 0 Å². The highest BCUT2D eigenvalue weighted by atomic mass is 32.1. The average molecular weight is 541 g/mol. The van der Waals surface area contributed by atoms with Crippen molar-refractivity contribution in [3.63, 3.8) is 0 Å². The Morgan fingerprint density at radius 1 is 1.10 bits per heavy atom. The first kappa shape index (κ1) is 25.7. The van der Waals surface area contributed by atoms with Crippen molar-refractivity contribution in [3.8, 4) is 17.2 Å². The number of rotatable bonds is 5. The van der Waals surface area contributed by atoms with Crippen LogP contribution in [-0.4, -0.2) is 15.9 Å². The molecule has 5 nitrogen and oxygen atoms in total. The van der Waals surface area contributed by atoms with Crippen molar-refractivity contribution in [1.82, 2.24) is 9.97 Å². The number of anilines is 1. The van der Waals surface area contributed by atoms with E-state index in [4.69, 9.17) is 4.98 Å². The molecular weight excluding hydrogens is 512 g/mol. The fourth-order valence-electron chi connectivity index (χ4n) is 6.13. The van der Waals surface area contributed by atoms with E-state index in [1.165, 1.54) is 11.3 Å². The molecule has 2 aromatic heterocycles. The van der Waals surface area contributed by atoms with Crippen LogP contribution in [0.2, 0.25) is 0 Å². The number of amides is 1. The molecule has 2 heterocycles. The molecule has 6 heteroatoms. The standard InChI is InChI=1S/C34H28N4OS/c1-23-7-5-6-16-34(22-35)21-33(2,30(23)28-8-3-4-9-29(28)34)31(39)38-32-37-27(20-40-32)19-24-10-12-25(13-11-24)26-14-17-36-18-15-26/h3-18,20,30H,1,19,21H2,2H3,(H,37,38,39)/b7-5-,16-6-. The number of nitrogens with zero attached hydrogens (tertiary/aromatic N) is 3. The molecule has 2 aliphatic rings. The van der Waals surface area contributed by atoms with E-state index in [1.54, 1.807) is 12.4 Å². The Labute approximate surface area is 238 Å². The number of hydrogen-bond donors (Lipinski definition) is 1. The smallest absolute Gasteiger partial charge is 0.233 e. The van der Waals surface area contributed by atoms with E-state index in [0.29, 0.717) is 18.0 Å². The Bertz CT molecular complexity index is 1700. The highest BCUT2D eigenvalue weighted by molar-refractivity contribution is 7.13. The van der Waals surface area contributed by atoms with Gasteiger partial charge in [0.05, 0.1) is 17.2 Å². The van der Waals surface area contributed by atoms with Gasteiger partial charge in [0.1, 0.15) is 5.41 Å².